The lowest BCUT2D eigenvalue weighted by Crippen LogP contribution is -2.49. The first-order chi connectivity index (χ1) is 7.20. The summed E-state index contributed by atoms with van der Waals surface area (Å²) in [4.78, 5) is 15.5. The van der Waals surface area contributed by atoms with Crippen molar-refractivity contribution >= 4 is 5.91 Å². The minimum Gasteiger partial charge on any atom is -0.381 e. The lowest BCUT2D eigenvalue weighted by Gasteiger charge is -2.34. The Labute approximate surface area is 87.4 Å². The van der Waals surface area contributed by atoms with Crippen LogP contribution in [-0.2, 0) is 4.74 Å². The van der Waals surface area contributed by atoms with Crippen LogP contribution in [0.2, 0.25) is 0 Å². The number of carbonyl (C=O) groups excluding carboxylic acids is 1. The Morgan fingerprint density at radius 2 is 2.33 bits per heavy atom. The van der Waals surface area contributed by atoms with Crippen molar-refractivity contribution in [1.82, 2.24) is 20.5 Å². The first kappa shape index (κ1) is 10.1. The number of amides is 1. The van der Waals surface area contributed by atoms with Gasteiger partial charge in [-0.15, -0.1) is 0 Å². The lowest BCUT2D eigenvalue weighted by atomic mass is 9.92. The van der Waals surface area contributed by atoms with Gasteiger partial charge in [0.2, 0.25) is 5.82 Å². The Morgan fingerprint density at radius 3 is 2.93 bits per heavy atom. The van der Waals surface area contributed by atoms with Gasteiger partial charge in [0.25, 0.3) is 5.91 Å². The van der Waals surface area contributed by atoms with Gasteiger partial charge in [0, 0.05) is 18.8 Å². The summed E-state index contributed by atoms with van der Waals surface area (Å²) in [7, 11) is 0. The third kappa shape index (κ3) is 2.33. The van der Waals surface area contributed by atoms with Crippen LogP contribution >= 0.6 is 0 Å². The number of aromatic nitrogens is 3. The summed E-state index contributed by atoms with van der Waals surface area (Å²) in [6.07, 6.45) is 2.97. The van der Waals surface area contributed by atoms with Crippen molar-refractivity contribution in [2.75, 3.05) is 13.2 Å². The minimum absolute atomic E-state index is 0.192. The maximum atomic E-state index is 11.7. The van der Waals surface area contributed by atoms with Crippen molar-refractivity contribution in [2.45, 2.75) is 25.3 Å². The van der Waals surface area contributed by atoms with E-state index in [9.17, 15) is 4.79 Å². The molecule has 82 valence electrons. The number of H-pyrrole nitrogens is 1. The van der Waals surface area contributed by atoms with Crippen LogP contribution in [0, 0.1) is 0 Å². The molecule has 1 aliphatic rings. The van der Waals surface area contributed by atoms with Gasteiger partial charge in [0.15, 0.2) is 0 Å². The van der Waals surface area contributed by atoms with Crippen molar-refractivity contribution in [2.24, 2.45) is 0 Å². The largest absolute Gasteiger partial charge is 0.381 e. The van der Waals surface area contributed by atoms with Crippen LogP contribution in [0.4, 0.5) is 0 Å². The zero-order valence-corrected chi connectivity index (χ0v) is 8.62. The Bertz CT molecular complexity index is 330. The molecule has 0 bridgehead atoms. The fraction of sp³-hybridized carbons (Fsp3) is 0.667. The number of hydrogen-bond donors (Lipinski definition) is 2. The van der Waals surface area contributed by atoms with E-state index in [1.807, 2.05) is 6.92 Å². The fourth-order valence-corrected chi connectivity index (χ4v) is 1.60. The summed E-state index contributed by atoms with van der Waals surface area (Å²) in [6.45, 7) is 3.39. The predicted molar refractivity (Wildman–Crippen MR) is 52.3 cm³/mol. The molecule has 1 aromatic rings. The van der Waals surface area contributed by atoms with Crippen LogP contribution in [-0.4, -0.2) is 39.8 Å². The van der Waals surface area contributed by atoms with Crippen molar-refractivity contribution in [3.05, 3.63) is 12.2 Å². The zero-order chi connectivity index (χ0) is 10.7. The second kappa shape index (κ2) is 3.98. The maximum Gasteiger partial charge on any atom is 0.289 e. The number of carbonyl (C=O) groups is 1. The topological polar surface area (TPSA) is 79.9 Å². The highest BCUT2D eigenvalue weighted by atomic mass is 16.5. The molecular formula is C9H14N4O2. The van der Waals surface area contributed by atoms with Gasteiger partial charge < -0.3 is 10.1 Å². The molecule has 2 heterocycles. The Balaban J connectivity index is 1.98. The van der Waals surface area contributed by atoms with Gasteiger partial charge in [0.05, 0.1) is 0 Å². The molecule has 0 radical (unpaired) electrons. The standard InChI is InChI=1S/C9H14N4O2/c1-9(2-4-15-5-3-9)12-8(14)7-10-6-11-13-7/h6H,2-5H2,1H3,(H,12,14)(H,10,11,13). The van der Waals surface area contributed by atoms with Crippen LogP contribution in [0.1, 0.15) is 30.4 Å². The number of rotatable bonds is 2. The van der Waals surface area contributed by atoms with E-state index in [-0.39, 0.29) is 17.3 Å². The van der Waals surface area contributed by atoms with E-state index in [1.165, 1.54) is 6.33 Å². The summed E-state index contributed by atoms with van der Waals surface area (Å²) in [5.74, 6) is 0.0413. The average molecular weight is 210 g/mol. The highest BCUT2D eigenvalue weighted by Gasteiger charge is 2.29. The number of aromatic amines is 1. The summed E-state index contributed by atoms with van der Waals surface area (Å²) in [6, 6.07) is 0. The molecule has 0 spiro atoms. The van der Waals surface area contributed by atoms with Gasteiger partial charge in [-0.05, 0) is 19.8 Å². The lowest BCUT2D eigenvalue weighted by molar-refractivity contribution is 0.0419. The smallest absolute Gasteiger partial charge is 0.289 e. The molecule has 15 heavy (non-hydrogen) atoms. The average Bonchev–Trinajstić information content (AvgIpc) is 2.70. The Hall–Kier alpha value is -1.43. The van der Waals surface area contributed by atoms with Crippen LogP contribution in [0.25, 0.3) is 0 Å². The normalized spacial score (nSPS) is 19.8. The molecule has 2 rings (SSSR count). The van der Waals surface area contributed by atoms with Crippen molar-refractivity contribution < 1.29 is 9.53 Å². The van der Waals surface area contributed by atoms with E-state index in [1.54, 1.807) is 0 Å². The van der Waals surface area contributed by atoms with Crippen LogP contribution in [0.5, 0.6) is 0 Å². The first-order valence-electron chi connectivity index (χ1n) is 4.95. The second-order valence-electron chi connectivity index (χ2n) is 3.96. The summed E-state index contributed by atoms with van der Waals surface area (Å²) in [5.41, 5.74) is -0.192. The monoisotopic (exact) mass is 210 g/mol. The van der Waals surface area contributed by atoms with E-state index >= 15 is 0 Å². The molecule has 1 aromatic heterocycles. The molecule has 0 aliphatic carbocycles. The molecule has 1 aliphatic heterocycles. The third-order valence-corrected chi connectivity index (χ3v) is 2.64. The molecule has 0 saturated carbocycles. The van der Waals surface area contributed by atoms with E-state index < -0.39 is 0 Å². The van der Waals surface area contributed by atoms with Gasteiger partial charge >= 0.3 is 0 Å². The number of hydrogen-bond acceptors (Lipinski definition) is 4. The molecule has 0 unspecified atom stereocenters. The number of nitrogens with zero attached hydrogens (tertiary/aromatic N) is 2. The van der Waals surface area contributed by atoms with Crippen molar-refractivity contribution in [3.8, 4) is 0 Å². The third-order valence-electron chi connectivity index (χ3n) is 2.64. The Kier molecular flexibility index (Phi) is 2.68. The first-order valence-corrected chi connectivity index (χ1v) is 4.95. The highest BCUT2D eigenvalue weighted by molar-refractivity contribution is 5.90. The fourth-order valence-electron chi connectivity index (χ4n) is 1.60. The quantitative estimate of drug-likeness (QED) is 0.725. The van der Waals surface area contributed by atoms with Crippen LogP contribution < -0.4 is 5.32 Å². The summed E-state index contributed by atoms with van der Waals surface area (Å²) < 4.78 is 5.25. The summed E-state index contributed by atoms with van der Waals surface area (Å²) in [5, 5.41) is 9.12. The van der Waals surface area contributed by atoms with Crippen LogP contribution in [0.3, 0.4) is 0 Å². The Morgan fingerprint density at radius 1 is 1.60 bits per heavy atom. The van der Waals surface area contributed by atoms with Gasteiger partial charge in [-0.25, -0.2) is 4.98 Å². The van der Waals surface area contributed by atoms with Crippen molar-refractivity contribution in [1.29, 1.82) is 0 Å². The van der Waals surface area contributed by atoms with E-state index in [0.29, 0.717) is 13.2 Å². The van der Waals surface area contributed by atoms with Gasteiger partial charge in [0.1, 0.15) is 6.33 Å². The minimum atomic E-state index is -0.211. The molecule has 0 atom stereocenters. The molecule has 1 fully saturated rings. The number of nitrogens with one attached hydrogen (secondary N) is 2. The molecular weight excluding hydrogens is 196 g/mol. The summed E-state index contributed by atoms with van der Waals surface area (Å²) >= 11 is 0. The molecule has 2 N–H and O–H groups in total. The highest BCUT2D eigenvalue weighted by Crippen LogP contribution is 2.19. The molecule has 1 amide bonds. The second-order valence-corrected chi connectivity index (χ2v) is 3.96. The predicted octanol–water partition coefficient (Wildman–Crippen LogP) is 0.104. The van der Waals surface area contributed by atoms with E-state index in [2.05, 4.69) is 20.5 Å². The molecule has 1 saturated heterocycles. The van der Waals surface area contributed by atoms with E-state index in [0.717, 1.165) is 12.8 Å². The SMILES string of the molecule is CC1(NC(=O)c2ncn[nH]2)CCOCC1. The zero-order valence-electron chi connectivity index (χ0n) is 8.62. The number of ether oxygens (including phenoxy) is 1. The maximum absolute atomic E-state index is 11.7. The van der Waals surface area contributed by atoms with Gasteiger partial charge in [-0.3, -0.25) is 9.89 Å². The van der Waals surface area contributed by atoms with Gasteiger partial charge in [-0.1, -0.05) is 0 Å². The van der Waals surface area contributed by atoms with Gasteiger partial charge in [-0.2, -0.15) is 5.10 Å². The van der Waals surface area contributed by atoms with E-state index in [4.69, 9.17) is 4.74 Å². The molecule has 6 nitrogen and oxygen atoms in total. The van der Waals surface area contributed by atoms with Crippen molar-refractivity contribution in [3.63, 3.8) is 0 Å². The van der Waals surface area contributed by atoms with Crippen LogP contribution in [0.15, 0.2) is 6.33 Å². The molecule has 0 aromatic carbocycles. The molecule has 6 heteroatoms.